The number of hydrogen-bond acceptors (Lipinski definition) is 4. The Labute approximate surface area is 137 Å². The minimum atomic E-state index is -0.271. The van der Waals surface area contributed by atoms with Crippen molar-refractivity contribution in [1.29, 1.82) is 0 Å². The number of methoxy groups -OCH3 is 1. The molecule has 5 heteroatoms. The van der Waals surface area contributed by atoms with Crippen molar-refractivity contribution in [3.63, 3.8) is 0 Å². The minimum Gasteiger partial charge on any atom is -0.462 e. The molecule has 23 heavy (non-hydrogen) atoms. The summed E-state index contributed by atoms with van der Waals surface area (Å²) in [4.78, 5) is 24.0. The number of rotatable bonds is 6. The topological polar surface area (TPSA) is 64.6 Å². The first-order valence-electron chi connectivity index (χ1n) is 8.16. The fourth-order valence-corrected chi connectivity index (χ4v) is 2.85. The molecule has 126 valence electrons. The van der Waals surface area contributed by atoms with E-state index in [1.807, 2.05) is 18.2 Å². The third-order valence-electron chi connectivity index (χ3n) is 4.10. The predicted octanol–water partition coefficient (Wildman–Crippen LogP) is 2.70. The Bertz CT molecular complexity index is 517. The highest BCUT2D eigenvalue weighted by Crippen LogP contribution is 2.23. The average molecular weight is 319 g/mol. The smallest absolute Gasteiger partial charge is 0.308 e. The lowest BCUT2D eigenvalue weighted by atomic mass is 9.95. The quantitative estimate of drug-likeness (QED) is 0.819. The zero-order valence-corrected chi connectivity index (χ0v) is 13.8. The lowest BCUT2D eigenvalue weighted by Gasteiger charge is -2.28. The first-order chi connectivity index (χ1) is 11.1. The van der Waals surface area contributed by atoms with Crippen LogP contribution >= 0.6 is 0 Å². The van der Waals surface area contributed by atoms with Crippen LogP contribution in [0.3, 0.4) is 0 Å². The number of amides is 1. The molecule has 5 nitrogen and oxygen atoms in total. The van der Waals surface area contributed by atoms with Crippen LogP contribution in [0.2, 0.25) is 0 Å². The van der Waals surface area contributed by atoms with Gasteiger partial charge < -0.3 is 14.8 Å². The van der Waals surface area contributed by atoms with Crippen LogP contribution in [0.15, 0.2) is 30.3 Å². The van der Waals surface area contributed by atoms with Crippen LogP contribution < -0.4 is 5.32 Å². The number of carbonyl (C=O) groups is 2. The SMILES string of the molecule is CO[C@@H]1CCC[C@@H](OC(=O)C[C@@H](C)NC(=O)c2ccccc2)C1. The Morgan fingerprint density at radius 3 is 2.61 bits per heavy atom. The molecular weight excluding hydrogens is 294 g/mol. The van der Waals surface area contributed by atoms with E-state index in [0.29, 0.717) is 5.56 Å². The normalized spacial score (nSPS) is 22.2. The van der Waals surface area contributed by atoms with Crippen molar-refractivity contribution >= 4 is 11.9 Å². The minimum absolute atomic E-state index is 0.0711. The molecule has 0 bridgehead atoms. The van der Waals surface area contributed by atoms with E-state index >= 15 is 0 Å². The summed E-state index contributed by atoms with van der Waals surface area (Å²) in [5, 5.41) is 2.82. The molecule has 0 saturated heterocycles. The maximum absolute atomic E-state index is 12.0. The van der Waals surface area contributed by atoms with Crippen molar-refractivity contribution in [3.8, 4) is 0 Å². The van der Waals surface area contributed by atoms with Gasteiger partial charge in [-0.1, -0.05) is 18.2 Å². The number of benzene rings is 1. The van der Waals surface area contributed by atoms with E-state index in [2.05, 4.69) is 5.32 Å². The number of hydrogen-bond donors (Lipinski definition) is 1. The first-order valence-corrected chi connectivity index (χ1v) is 8.16. The van der Waals surface area contributed by atoms with Gasteiger partial charge in [-0.15, -0.1) is 0 Å². The second-order valence-electron chi connectivity index (χ2n) is 6.08. The van der Waals surface area contributed by atoms with Gasteiger partial charge in [0.25, 0.3) is 5.91 Å². The highest BCUT2D eigenvalue weighted by atomic mass is 16.5. The fourth-order valence-electron chi connectivity index (χ4n) is 2.85. The second kappa shape index (κ2) is 8.67. The number of esters is 1. The third kappa shape index (κ3) is 5.67. The fraction of sp³-hybridized carbons (Fsp3) is 0.556. The van der Waals surface area contributed by atoms with Gasteiger partial charge in [-0.3, -0.25) is 9.59 Å². The zero-order chi connectivity index (χ0) is 16.7. The van der Waals surface area contributed by atoms with E-state index in [4.69, 9.17) is 9.47 Å². The molecule has 1 aromatic rings. The molecule has 0 radical (unpaired) electrons. The van der Waals surface area contributed by atoms with Crippen LogP contribution in [-0.2, 0) is 14.3 Å². The van der Waals surface area contributed by atoms with Gasteiger partial charge in [-0.25, -0.2) is 0 Å². The van der Waals surface area contributed by atoms with Gasteiger partial charge in [0.2, 0.25) is 0 Å². The maximum atomic E-state index is 12.0. The standard InChI is InChI=1S/C18H25NO4/c1-13(19-18(21)14-7-4-3-5-8-14)11-17(20)23-16-10-6-9-15(12-16)22-2/h3-5,7-8,13,15-16H,6,9-12H2,1-2H3,(H,19,21)/t13-,15-,16-/m1/s1. The Morgan fingerprint density at radius 1 is 1.22 bits per heavy atom. The summed E-state index contributed by atoms with van der Waals surface area (Å²) >= 11 is 0. The third-order valence-corrected chi connectivity index (χ3v) is 4.10. The molecule has 1 aromatic carbocycles. The molecule has 1 fully saturated rings. The van der Waals surface area contributed by atoms with E-state index in [1.165, 1.54) is 0 Å². The molecule has 3 atom stereocenters. The van der Waals surface area contributed by atoms with Crippen LogP contribution in [0.4, 0.5) is 0 Å². The number of ether oxygens (including phenoxy) is 2. The van der Waals surface area contributed by atoms with Crippen molar-refractivity contribution in [2.75, 3.05) is 7.11 Å². The predicted molar refractivity (Wildman–Crippen MR) is 87.1 cm³/mol. The van der Waals surface area contributed by atoms with Crippen molar-refractivity contribution < 1.29 is 19.1 Å². The molecule has 1 amide bonds. The molecule has 0 heterocycles. The lowest BCUT2D eigenvalue weighted by molar-refractivity contribution is -0.153. The van der Waals surface area contributed by atoms with Crippen LogP contribution in [-0.4, -0.2) is 37.2 Å². The van der Waals surface area contributed by atoms with Gasteiger partial charge in [0.1, 0.15) is 6.10 Å². The van der Waals surface area contributed by atoms with Crippen molar-refractivity contribution in [3.05, 3.63) is 35.9 Å². The van der Waals surface area contributed by atoms with Crippen LogP contribution in [0.1, 0.15) is 49.4 Å². The summed E-state index contributed by atoms with van der Waals surface area (Å²) in [6.45, 7) is 1.81. The number of nitrogens with one attached hydrogen (secondary N) is 1. The Hall–Kier alpha value is -1.88. The van der Waals surface area contributed by atoms with E-state index in [0.717, 1.165) is 25.7 Å². The molecule has 0 aromatic heterocycles. The van der Waals surface area contributed by atoms with Crippen molar-refractivity contribution in [2.45, 2.75) is 57.3 Å². The molecule has 1 aliphatic carbocycles. The average Bonchev–Trinajstić information content (AvgIpc) is 2.55. The van der Waals surface area contributed by atoms with E-state index in [-0.39, 0.29) is 36.5 Å². The molecule has 1 aliphatic rings. The van der Waals surface area contributed by atoms with Crippen LogP contribution in [0.25, 0.3) is 0 Å². The Kier molecular flexibility index (Phi) is 6.59. The molecule has 0 unspecified atom stereocenters. The van der Waals surface area contributed by atoms with Gasteiger partial charge in [0.15, 0.2) is 0 Å². The van der Waals surface area contributed by atoms with E-state index < -0.39 is 0 Å². The highest BCUT2D eigenvalue weighted by molar-refractivity contribution is 5.94. The van der Waals surface area contributed by atoms with Gasteiger partial charge in [-0.05, 0) is 38.3 Å². The molecule has 0 aliphatic heterocycles. The summed E-state index contributed by atoms with van der Waals surface area (Å²) in [7, 11) is 1.69. The molecule has 0 spiro atoms. The second-order valence-corrected chi connectivity index (χ2v) is 6.08. The zero-order valence-electron chi connectivity index (χ0n) is 13.8. The van der Waals surface area contributed by atoms with E-state index in [1.54, 1.807) is 26.2 Å². The maximum Gasteiger partial charge on any atom is 0.308 e. The summed E-state index contributed by atoms with van der Waals surface area (Å²) in [5.74, 6) is -0.448. The van der Waals surface area contributed by atoms with Crippen molar-refractivity contribution in [2.24, 2.45) is 0 Å². The van der Waals surface area contributed by atoms with Crippen LogP contribution in [0.5, 0.6) is 0 Å². The summed E-state index contributed by atoms with van der Waals surface area (Å²) in [6, 6.07) is 8.69. The summed E-state index contributed by atoms with van der Waals surface area (Å²) in [5.41, 5.74) is 0.586. The molecule has 1 saturated carbocycles. The molecular formula is C18H25NO4. The van der Waals surface area contributed by atoms with Gasteiger partial charge in [-0.2, -0.15) is 0 Å². The molecule has 2 rings (SSSR count). The monoisotopic (exact) mass is 319 g/mol. The van der Waals surface area contributed by atoms with Crippen molar-refractivity contribution in [1.82, 2.24) is 5.32 Å². The van der Waals surface area contributed by atoms with Gasteiger partial charge in [0, 0.05) is 25.1 Å². The largest absolute Gasteiger partial charge is 0.462 e. The Balaban J connectivity index is 1.75. The first kappa shape index (κ1) is 17.5. The number of carbonyl (C=O) groups excluding carboxylic acids is 2. The Morgan fingerprint density at radius 2 is 1.91 bits per heavy atom. The van der Waals surface area contributed by atoms with E-state index in [9.17, 15) is 9.59 Å². The van der Waals surface area contributed by atoms with Gasteiger partial charge >= 0.3 is 5.97 Å². The van der Waals surface area contributed by atoms with Crippen LogP contribution in [0, 0.1) is 0 Å². The van der Waals surface area contributed by atoms with Gasteiger partial charge in [0.05, 0.1) is 12.5 Å². The summed E-state index contributed by atoms with van der Waals surface area (Å²) < 4.78 is 10.8. The summed E-state index contributed by atoms with van der Waals surface area (Å²) in [6.07, 6.45) is 3.95. The molecule has 1 N–H and O–H groups in total. The highest BCUT2D eigenvalue weighted by Gasteiger charge is 2.25. The lowest BCUT2D eigenvalue weighted by Crippen LogP contribution is -2.36.